The predicted molar refractivity (Wildman–Crippen MR) is 69.5 cm³/mol. The molecule has 0 bridgehead atoms. The van der Waals surface area contributed by atoms with E-state index in [1.807, 2.05) is 30.3 Å². The third-order valence-electron chi connectivity index (χ3n) is 2.81. The molecular formula is C13H12BrNO2. The Hall–Kier alpha value is -1.42. The quantitative estimate of drug-likeness (QED) is 0.685. The Labute approximate surface area is 108 Å². The van der Waals surface area contributed by atoms with Crippen LogP contribution >= 0.6 is 15.9 Å². The van der Waals surface area contributed by atoms with E-state index in [1.165, 1.54) is 0 Å². The highest BCUT2D eigenvalue weighted by molar-refractivity contribution is 9.15. The van der Waals surface area contributed by atoms with Crippen molar-refractivity contribution in [3.63, 3.8) is 0 Å². The number of carbonyl (C=O) groups is 2. The SMILES string of the molecule is O=CCC1CNC(=O)/C1=C(/Br)c1ccccc1. The van der Waals surface area contributed by atoms with Crippen LogP contribution in [0.25, 0.3) is 4.48 Å². The number of rotatable bonds is 3. The van der Waals surface area contributed by atoms with Gasteiger partial charge in [0.15, 0.2) is 0 Å². The zero-order valence-corrected chi connectivity index (χ0v) is 10.7. The molecule has 1 aliphatic heterocycles. The van der Waals surface area contributed by atoms with Gasteiger partial charge in [0.2, 0.25) is 5.91 Å². The fraction of sp³-hybridized carbons (Fsp3) is 0.231. The summed E-state index contributed by atoms with van der Waals surface area (Å²) in [4.78, 5) is 22.4. The van der Waals surface area contributed by atoms with Crippen molar-refractivity contribution in [1.82, 2.24) is 5.32 Å². The summed E-state index contributed by atoms with van der Waals surface area (Å²) in [5, 5.41) is 2.77. The largest absolute Gasteiger partial charge is 0.352 e. The molecule has 88 valence electrons. The van der Waals surface area contributed by atoms with Crippen LogP contribution in [0.4, 0.5) is 0 Å². The van der Waals surface area contributed by atoms with E-state index in [4.69, 9.17) is 0 Å². The van der Waals surface area contributed by atoms with Crippen LogP contribution in [0.5, 0.6) is 0 Å². The summed E-state index contributed by atoms with van der Waals surface area (Å²) in [5.41, 5.74) is 1.62. The first-order chi connectivity index (χ1) is 8.24. The Bertz CT molecular complexity index is 468. The Balaban J connectivity index is 2.41. The lowest BCUT2D eigenvalue weighted by Crippen LogP contribution is -2.14. The Morgan fingerprint density at radius 2 is 2.12 bits per heavy atom. The number of carbonyl (C=O) groups excluding carboxylic acids is 2. The monoisotopic (exact) mass is 293 g/mol. The molecule has 1 saturated heterocycles. The normalized spacial score (nSPS) is 22.2. The molecule has 2 rings (SSSR count). The molecule has 4 heteroatoms. The van der Waals surface area contributed by atoms with Gasteiger partial charge in [-0.15, -0.1) is 0 Å². The molecule has 17 heavy (non-hydrogen) atoms. The third kappa shape index (κ3) is 2.47. The molecule has 1 unspecified atom stereocenters. The number of aldehydes is 1. The van der Waals surface area contributed by atoms with Gasteiger partial charge in [-0.1, -0.05) is 30.3 Å². The van der Waals surface area contributed by atoms with Gasteiger partial charge in [0.1, 0.15) is 6.29 Å². The van der Waals surface area contributed by atoms with Crippen molar-refractivity contribution in [3.8, 4) is 0 Å². The first-order valence-corrected chi connectivity index (χ1v) is 6.20. The first kappa shape index (κ1) is 12.0. The second-order valence-electron chi connectivity index (χ2n) is 3.90. The average Bonchev–Trinajstić information content (AvgIpc) is 2.71. The minimum Gasteiger partial charge on any atom is -0.352 e. The van der Waals surface area contributed by atoms with Crippen LogP contribution in [-0.4, -0.2) is 18.7 Å². The second kappa shape index (κ2) is 5.27. The molecule has 0 spiro atoms. The van der Waals surface area contributed by atoms with Gasteiger partial charge >= 0.3 is 0 Å². The summed E-state index contributed by atoms with van der Waals surface area (Å²) < 4.78 is 0.778. The molecule has 1 aromatic rings. The maximum absolute atomic E-state index is 11.8. The zero-order chi connectivity index (χ0) is 12.3. The highest BCUT2D eigenvalue weighted by Crippen LogP contribution is 2.32. The average molecular weight is 294 g/mol. The van der Waals surface area contributed by atoms with Crippen molar-refractivity contribution in [2.24, 2.45) is 5.92 Å². The van der Waals surface area contributed by atoms with Crippen molar-refractivity contribution < 1.29 is 9.59 Å². The van der Waals surface area contributed by atoms with E-state index in [9.17, 15) is 9.59 Å². The molecule has 1 heterocycles. The van der Waals surface area contributed by atoms with Gasteiger partial charge in [-0.25, -0.2) is 0 Å². The molecule has 3 nitrogen and oxygen atoms in total. The van der Waals surface area contributed by atoms with Crippen LogP contribution in [0.15, 0.2) is 35.9 Å². The summed E-state index contributed by atoms with van der Waals surface area (Å²) in [5.74, 6) is -0.123. The molecule has 1 fully saturated rings. The van der Waals surface area contributed by atoms with Gasteiger partial charge in [-0.05, 0) is 21.5 Å². The molecular weight excluding hydrogens is 282 g/mol. The van der Waals surface area contributed by atoms with Crippen molar-refractivity contribution in [2.75, 3.05) is 6.54 Å². The van der Waals surface area contributed by atoms with Crippen LogP contribution in [-0.2, 0) is 9.59 Å². The minimum atomic E-state index is -0.0902. The molecule has 1 N–H and O–H groups in total. The van der Waals surface area contributed by atoms with Crippen LogP contribution in [0.1, 0.15) is 12.0 Å². The maximum Gasteiger partial charge on any atom is 0.248 e. The molecule has 1 atom stereocenters. The lowest BCUT2D eigenvalue weighted by Gasteiger charge is -2.08. The van der Waals surface area contributed by atoms with Crippen molar-refractivity contribution in [3.05, 3.63) is 41.5 Å². The third-order valence-corrected chi connectivity index (χ3v) is 3.69. The highest BCUT2D eigenvalue weighted by atomic mass is 79.9. The summed E-state index contributed by atoms with van der Waals surface area (Å²) in [6.45, 7) is 0.537. The van der Waals surface area contributed by atoms with E-state index in [2.05, 4.69) is 21.2 Å². The van der Waals surface area contributed by atoms with E-state index in [-0.39, 0.29) is 11.8 Å². The van der Waals surface area contributed by atoms with Crippen LogP contribution in [0.3, 0.4) is 0 Å². The molecule has 0 saturated carbocycles. The number of hydrogen-bond donors (Lipinski definition) is 1. The topological polar surface area (TPSA) is 46.2 Å². The van der Waals surface area contributed by atoms with E-state index >= 15 is 0 Å². The number of amides is 1. The second-order valence-corrected chi connectivity index (χ2v) is 4.70. The lowest BCUT2D eigenvalue weighted by atomic mass is 9.97. The van der Waals surface area contributed by atoms with E-state index in [0.29, 0.717) is 18.5 Å². The van der Waals surface area contributed by atoms with Gasteiger partial charge in [0, 0.05) is 28.9 Å². The fourth-order valence-electron chi connectivity index (χ4n) is 1.93. The molecule has 0 aliphatic carbocycles. The summed E-state index contributed by atoms with van der Waals surface area (Å²) in [7, 11) is 0. The number of hydrogen-bond acceptors (Lipinski definition) is 2. The van der Waals surface area contributed by atoms with Gasteiger partial charge in [0.25, 0.3) is 0 Å². The molecule has 0 radical (unpaired) electrons. The van der Waals surface area contributed by atoms with Crippen molar-refractivity contribution in [1.29, 1.82) is 0 Å². The molecule has 0 aromatic heterocycles. The molecule has 1 aromatic carbocycles. The van der Waals surface area contributed by atoms with E-state index in [0.717, 1.165) is 16.3 Å². The Kier molecular flexibility index (Phi) is 3.74. The first-order valence-electron chi connectivity index (χ1n) is 5.41. The Morgan fingerprint density at radius 1 is 1.41 bits per heavy atom. The van der Waals surface area contributed by atoms with E-state index < -0.39 is 0 Å². The lowest BCUT2D eigenvalue weighted by molar-refractivity contribution is -0.116. The number of halogens is 1. The predicted octanol–water partition coefficient (Wildman–Crippen LogP) is 2.13. The summed E-state index contributed by atoms with van der Waals surface area (Å²) >= 11 is 3.47. The van der Waals surface area contributed by atoms with E-state index in [1.54, 1.807) is 0 Å². The Morgan fingerprint density at radius 3 is 2.76 bits per heavy atom. The standard InChI is InChI=1S/C13H12BrNO2/c14-12(9-4-2-1-3-5-9)11-10(6-7-16)8-15-13(11)17/h1-5,7,10H,6,8H2,(H,15,17)/b12-11+. The smallest absolute Gasteiger partial charge is 0.248 e. The minimum absolute atomic E-state index is 0.0328. The fourth-order valence-corrected chi connectivity index (χ4v) is 2.70. The van der Waals surface area contributed by atoms with Gasteiger partial charge in [0.05, 0.1) is 0 Å². The van der Waals surface area contributed by atoms with Gasteiger partial charge in [-0.3, -0.25) is 4.79 Å². The van der Waals surface area contributed by atoms with Crippen LogP contribution in [0.2, 0.25) is 0 Å². The van der Waals surface area contributed by atoms with Crippen molar-refractivity contribution >= 4 is 32.6 Å². The number of nitrogens with one attached hydrogen (secondary N) is 1. The maximum atomic E-state index is 11.8. The summed E-state index contributed by atoms with van der Waals surface area (Å²) in [6.07, 6.45) is 1.23. The summed E-state index contributed by atoms with van der Waals surface area (Å²) in [6, 6.07) is 9.62. The molecule has 1 aliphatic rings. The van der Waals surface area contributed by atoms with Gasteiger partial charge in [-0.2, -0.15) is 0 Å². The van der Waals surface area contributed by atoms with Crippen molar-refractivity contribution in [2.45, 2.75) is 6.42 Å². The number of benzene rings is 1. The highest BCUT2D eigenvalue weighted by Gasteiger charge is 2.30. The zero-order valence-electron chi connectivity index (χ0n) is 9.15. The van der Waals surface area contributed by atoms with Crippen LogP contribution in [0, 0.1) is 5.92 Å². The van der Waals surface area contributed by atoms with Crippen LogP contribution < -0.4 is 5.32 Å². The molecule has 1 amide bonds. The van der Waals surface area contributed by atoms with Gasteiger partial charge < -0.3 is 10.1 Å².